The molecule has 0 aromatic heterocycles. The molecule has 0 unspecified atom stereocenters. The molecule has 1 saturated carbocycles. The van der Waals surface area contributed by atoms with Crippen molar-refractivity contribution < 1.29 is 14.3 Å². The molecule has 124 valence electrons. The third-order valence-electron chi connectivity index (χ3n) is 4.15. The van der Waals surface area contributed by atoms with Gasteiger partial charge in [-0.25, -0.2) is 0 Å². The summed E-state index contributed by atoms with van der Waals surface area (Å²) in [6, 6.07) is 5.41. The van der Waals surface area contributed by atoms with Gasteiger partial charge >= 0.3 is 0 Å². The van der Waals surface area contributed by atoms with Crippen LogP contribution in [0.4, 0.5) is 5.69 Å². The molecule has 1 fully saturated rings. The van der Waals surface area contributed by atoms with Crippen LogP contribution in [0.25, 0.3) is 0 Å². The first-order valence-electron chi connectivity index (χ1n) is 7.47. The van der Waals surface area contributed by atoms with Gasteiger partial charge in [-0.05, 0) is 31.9 Å². The first kappa shape index (κ1) is 18.6. The maximum Gasteiger partial charge on any atom is 0.231 e. The Bertz CT molecular complexity index is 502. The summed E-state index contributed by atoms with van der Waals surface area (Å²) < 4.78 is 10.8. The normalized spacial score (nSPS) is 15.8. The van der Waals surface area contributed by atoms with Crippen molar-refractivity contribution in [1.29, 1.82) is 0 Å². The van der Waals surface area contributed by atoms with Crippen LogP contribution in [0.3, 0.4) is 0 Å². The van der Waals surface area contributed by atoms with Gasteiger partial charge in [0.05, 0.1) is 19.1 Å². The van der Waals surface area contributed by atoms with E-state index >= 15 is 0 Å². The summed E-state index contributed by atoms with van der Waals surface area (Å²) in [7, 11) is 1.59. The number of methoxy groups -OCH3 is 1. The fourth-order valence-electron chi connectivity index (χ4n) is 2.86. The highest BCUT2D eigenvalue weighted by Gasteiger charge is 2.39. The molecule has 1 aliphatic carbocycles. The Kier molecular flexibility index (Phi) is 6.97. The largest absolute Gasteiger partial charge is 0.493 e. The molecule has 0 spiro atoms. The van der Waals surface area contributed by atoms with Gasteiger partial charge in [-0.15, -0.1) is 12.4 Å². The van der Waals surface area contributed by atoms with Crippen molar-refractivity contribution >= 4 is 24.0 Å². The van der Waals surface area contributed by atoms with Crippen LogP contribution in [0.1, 0.15) is 32.6 Å². The summed E-state index contributed by atoms with van der Waals surface area (Å²) in [5, 5.41) is 2.97. The van der Waals surface area contributed by atoms with Crippen molar-refractivity contribution in [2.75, 3.05) is 25.6 Å². The molecule has 3 N–H and O–H groups in total. The average Bonchev–Trinajstić information content (AvgIpc) is 2.99. The van der Waals surface area contributed by atoms with Crippen LogP contribution in [0.15, 0.2) is 18.2 Å². The van der Waals surface area contributed by atoms with Crippen molar-refractivity contribution in [3.8, 4) is 11.5 Å². The third-order valence-corrected chi connectivity index (χ3v) is 4.15. The van der Waals surface area contributed by atoms with Crippen LogP contribution in [-0.2, 0) is 4.79 Å². The molecule has 0 bridgehead atoms. The molecule has 1 amide bonds. The molecule has 5 nitrogen and oxygen atoms in total. The summed E-state index contributed by atoms with van der Waals surface area (Å²) in [6.45, 7) is 2.88. The quantitative estimate of drug-likeness (QED) is 0.842. The molecule has 1 aromatic carbocycles. The van der Waals surface area contributed by atoms with E-state index in [1.54, 1.807) is 13.2 Å². The standard InChI is InChI=1S/C16H24N2O3.ClH/c1-3-21-13-7-6-12(10-14(13)20-2)18-15(19)16(11-17)8-4-5-9-16;/h6-7,10H,3-5,8-9,11,17H2,1-2H3,(H,18,19);1H. The minimum absolute atomic E-state index is 0. The monoisotopic (exact) mass is 328 g/mol. The lowest BCUT2D eigenvalue weighted by Crippen LogP contribution is -2.40. The van der Waals surface area contributed by atoms with Gasteiger partial charge in [-0.3, -0.25) is 4.79 Å². The predicted octanol–water partition coefficient (Wildman–Crippen LogP) is 2.97. The van der Waals surface area contributed by atoms with Gasteiger partial charge in [0.2, 0.25) is 5.91 Å². The van der Waals surface area contributed by atoms with Crippen molar-refractivity contribution in [3.05, 3.63) is 18.2 Å². The predicted molar refractivity (Wildman–Crippen MR) is 90.0 cm³/mol. The Hall–Kier alpha value is -1.46. The number of nitrogens with one attached hydrogen (secondary N) is 1. The van der Waals surface area contributed by atoms with Crippen LogP contribution in [-0.4, -0.2) is 26.2 Å². The van der Waals surface area contributed by atoms with Crippen molar-refractivity contribution in [2.45, 2.75) is 32.6 Å². The number of rotatable bonds is 6. The van der Waals surface area contributed by atoms with Crippen LogP contribution >= 0.6 is 12.4 Å². The van der Waals surface area contributed by atoms with Gasteiger partial charge in [0.15, 0.2) is 11.5 Å². The number of ether oxygens (including phenoxy) is 2. The fourth-order valence-corrected chi connectivity index (χ4v) is 2.86. The second-order valence-electron chi connectivity index (χ2n) is 5.44. The Balaban J connectivity index is 0.00000242. The minimum atomic E-state index is -0.411. The zero-order chi connectivity index (χ0) is 15.3. The van der Waals surface area contributed by atoms with E-state index in [0.717, 1.165) is 25.7 Å². The van der Waals surface area contributed by atoms with E-state index < -0.39 is 5.41 Å². The number of halogens is 1. The number of anilines is 1. The first-order valence-corrected chi connectivity index (χ1v) is 7.47. The van der Waals surface area contributed by atoms with Crippen LogP contribution in [0.2, 0.25) is 0 Å². The first-order chi connectivity index (χ1) is 10.1. The Morgan fingerprint density at radius 3 is 2.55 bits per heavy atom. The van der Waals surface area contributed by atoms with Crippen LogP contribution in [0.5, 0.6) is 11.5 Å². The molecule has 0 saturated heterocycles. The van der Waals surface area contributed by atoms with E-state index in [1.807, 2.05) is 19.1 Å². The summed E-state index contributed by atoms with van der Waals surface area (Å²) >= 11 is 0. The van der Waals surface area contributed by atoms with Gasteiger partial charge in [-0.1, -0.05) is 12.8 Å². The zero-order valence-corrected chi connectivity index (χ0v) is 14.0. The highest BCUT2D eigenvalue weighted by atomic mass is 35.5. The third kappa shape index (κ3) is 3.84. The topological polar surface area (TPSA) is 73.6 Å². The summed E-state index contributed by atoms with van der Waals surface area (Å²) in [4.78, 5) is 12.5. The van der Waals surface area contributed by atoms with Crippen molar-refractivity contribution in [1.82, 2.24) is 0 Å². The second-order valence-corrected chi connectivity index (χ2v) is 5.44. The highest BCUT2D eigenvalue weighted by Crippen LogP contribution is 2.38. The highest BCUT2D eigenvalue weighted by molar-refractivity contribution is 5.96. The number of carbonyl (C=O) groups excluding carboxylic acids is 1. The second kappa shape index (κ2) is 8.25. The summed E-state index contributed by atoms with van der Waals surface area (Å²) in [6.07, 6.45) is 3.86. The number of hydrogen-bond donors (Lipinski definition) is 2. The molecular weight excluding hydrogens is 304 g/mol. The van der Waals surface area contributed by atoms with Crippen molar-refractivity contribution in [2.24, 2.45) is 11.1 Å². The Morgan fingerprint density at radius 1 is 1.32 bits per heavy atom. The number of amides is 1. The maximum absolute atomic E-state index is 12.5. The number of hydrogen-bond acceptors (Lipinski definition) is 4. The Morgan fingerprint density at radius 2 is 2.00 bits per heavy atom. The maximum atomic E-state index is 12.5. The van der Waals surface area contributed by atoms with E-state index in [4.69, 9.17) is 15.2 Å². The van der Waals surface area contributed by atoms with Gasteiger partial charge in [0.25, 0.3) is 0 Å². The van der Waals surface area contributed by atoms with Crippen molar-refractivity contribution in [3.63, 3.8) is 0 Å². The molecule has 0 aliphatic heterocycles. The lowest BCUT2D eigenvalue weighted by atomic mass is 9.85. The zero-order valence-electron chi connectivity index (χ0n) is 13.2. The number of nitrogens with two attached hydrogens (primary N) is 1. The minimum Gasteiger partial charge on any atom is -0.493 e. The molecule has 22 heavy (non-hydrogen) atoms. The molecule has 2 rings (SSSR count). The fraction of sp³-hybridized carbons (Fsp3) is 0.562. The van der Waals surface area contributed by atoms with E-state index in [2.05, 4.69) is 5.32 Å². The summed E-state index contributed by atoms with van der Waals surface area (Å²) in [5.41, 5.74) is 6.14. The smallest absolute Gasteiger partial charge is 0.231 e. The lowest BCUT2D eigenvalue weighted by Gasteiger charge is -2.25. The van der Waals surface area contributed by atoms with Crippen LogP contribution in [0, 0.1) is 5.41 Å². The van der Waals surface area contributed by atoms with E-state index in [9.17, 15) is 4.79 Å². The SMILES string of the molecule is CCOc1ccc(NC(=O)C2(CN)CCCC2)cc1OC.Cl. The lowest BCUT2D eigenvalue weighted by molar-refractivity contribution is -0.124. The van der Waals surface area contributed by atoms with Gasteiger partial charge in [0, 0.05) is 18.3 Å². The molecule has 0 heterocycles. The molecule has 1 aliphatic rings. The molecule has 6 heteroatoms. The number of carbonyl (C=O) groups is 1. The van der Waals surface area contributed by atoms with E-state index in [-0.39, 0.29) is 18.3 Å². The Labute approximate surface area is 138 Å². The number of benzene rings is 1. The average molecular weight is 329 g/mol. The molecule has 0 atom stereocenters. The van der Waals surface area contributed by atoms with Gasteiger partial charge < -0.3 is 20.5 Å². The molecular formula is C16H25ClN2O3. The molecule has 1 aromatic rings. The van der Waals surface area contributed by atoms with Crippen LogP contribution < -0.4 is 20.5 Å². The van der Waals surface area contributed by atoms with Gasteiger partial charge in [-0.2, -0.15) is 0 Å². The summed E-state index contributed by atoms with van der Waals surface area (Å²) in [5.74, 6) is 1.30. The van der Waals surface area contributed by atoms with Gasteiger partial charge in [0.1, 0.15) is 0 Å². The van der Waals surface area contributed by atoms with E-state index in [1.165, 1.54) is 0 Å². The van der Waals surface area contributed by atoms with E-state index in [0.29, 0.717) is 30.3 Å². The molecule has 0 radical (unpaired) electrons.